The van der Waals surface area contributed by atoms with E-state index in [4.69, 9.17) is 20.9 Å². The lowest BCUT2D eigenvalue weighted by Crippen LogP contribution is -1.79. The molecule has 0 amide bonds. The minimum atomic E-state index is -0.500. The summed E-state index contributed by atoms with van der Waals surface area (Å²) in [6.45, 7) is 0. The average molecular weight is 89.1 g/mol. The van der Waals surface area contributed by atoms with Gasteiger partial charge < -0.3 is 0 Å². The van der Waals surface area contributed by atoms with Crippen LogP contribution in [0.3, 0.4) is 0 Å². The van der Waals surface area contributed by atoms with E-state index < -0.39 is 4.92 Å². The molecule has 0 bridgehead atoms. The second kappa shape index (κ2) is 9.17. The monoisotopic (exact) mass is 89.0 g/mol. The molecule has 0 saturated heterocycles. The summed E-state index contributed by atoms with van der Waals surface area (Å²) in [5.41, 5.74) is 0. The van der Waals surface area contributed by atoms with Gasteiger partial charge in [0.1, 0.15) is 0 Å². The summed E-state index contributed by atoms with van der Waals surface area (Å²) in [5, 5.41) is 20.8. The molecule has 0 unspecified atom stereocenters. The summed E-state index contributed by atoms with van der Waals surface area (Å²) in [6.07, 6.45) is 0. The van der Waals surface area contributed by atoms with E-state index in [1.807, 2.05) is 0 Å². The summed E-state index contributed by atoms with van der Waals surface area (Å²) in [4.78, 5) is 8.31. The predicted octanol–water partition coefficient (Wildman–Crippen LogP) is -0.0769. The fourth-order valence-electron chi connectivity index (χ4n) is 0. The molecule has 6 heavy (non-hydrogen) atoms. The average Bonchev–Trinajstić information content (AvgIpc) is 1.41. The van der Waals surface area contributed by atoms with Crippen LogP contribution in [0.1, 0.15) is 0 Å². The molecule has 34 valence electrons. The van der Waals surface area contributed by atoms with Crippen molar-refractivity contribution in [3.05, 3.63) is 10.1 Å². The van der Waals surface area contributed by atoms with Crippen LogP contribution in [0.4, 0.5) is 0 Å². The van der Waals surface area contributed by atoms with Gasteiger partial charge in [0.25, 0.3) is 0 Å². The van der Waals surface area contributed by atoms with Gasteiger partial charge in [0.05, 0.1) is 0 Å². The first-order valence-electron chi connectivity index (χ1n) is 1.01. The second-order valence-corrected chi connectivity index (χ2v) is 0.440. The zero-order chi connectivity index (χ0) is 5.58. The Bertz CT molecular complexity index is 53.1. The van der Waals surface area contributed by atoms with Gasteiger partial charge in [-0.15, -0.1) is 0 Å². The lowest BCUT2D eigenvalue weighted by Gasteiger charge is -1.63. The topological polar surface area (TPSA) is 90.7 Å². The maximum atomic E-state index is 8.81. The van der Waals surface area contributed by atoms with Crippen molar-refractivity contribution in [1.82, 2.24) is 0 Å². The van der Waals surface area contributed by atoms with Gasteiger partial charge in [-0.25, -0.2) is 0 Å². The molecule has 5 heteroatoms. The normalized spacial score (nSPS) is 4.50. The zero-order valence-corrected chi connectivity index (χ0v) is 3.16. The molecule has 5 nitrogen and oxygen atoms in total. The fourth-order valence-corrected chi connectivity index (χ4v) is 0. The molecule has 0 rings (SSSR count). The molecular formula is CH3N3O2. The smallest absolute Gasteiger partial charge is 0.194 e. The number of hydrogen-bond acceptors (Lipinski definition) is 4. The molecular weight excluding hydrogens is 86.0 g/mol. The molecule has 0 N–H and O–H groups in total. The Kier molecular flexibility index (Phi) is 13.5. The van der Waals surface area contributed by atoms with Crippen molar-refractivity contribution in [3.8, 4) is 0 Å². The van der Waals surface area contributed by atoms with E-state index in [2.05, 4.69) is 0 Å². The van der Waals surface area contributed by atoms with Crippen molar-refractivity contribution in [2.24, 2.45) is 0 Å². The van der Waals surface area contributed by atoms with Crippen LogP contribution in [0.2, 0.25) is 0 Å². The Hall–Kier alpha value is -1.18. The Morgan fingerprint density at radius 3 is 1.67 bits per heavy atom. The Morgan fingerprint density at radius 2 is 1.67 bits per heavy atom. The van der Waals surface area contributed by atoms with Gasteiger partial charge in [0.2, 0.25) is 0 Å². The summed E-state index contributed by atoms with van der Waals surface area (Å²) in [5.74, 6) is 0. The van der Waals surface area contributed by atoms with Gasteiger partial charge in [-0.2, -0.15) is 0 Å². The highest BCUT2D eigenvalue weighted by Gasteiger charge is 1.57. The van der Waals surface area contributed by atoms with E-state index in [9.17, 15) is 0 Å². The molecule has 0 saturated carbocycles. The Balaban J connectivity index is 0. The van der Waals surface area contributed by atoms with E-state index in [1.54, 1.807) is 0 Å². The third-order valence-electron chi connectivity index (χ3n) is 0. The molecule has 0 aliphatic carbocycles. The van der Waals surface area contributed by atoms with Gasteiger partial charge in [-0.3, -0.25) is 10.1 Å². The standard InChI is InChI=1S/CH3NO2.N2/c1-2(3)4;1-2/h1H3;. The minimum Gasteiger partial charge on any atom is -0.265 e. The van der Waals surface area contributed by atoms with Gasteiger partial charge in [-0.05, 0) is 0 Å². The fraction of sp³-hybridized carbons (Fsp3) is 1.00. The van der Waals surface area contributed by atoms with E-state index in [0.29, 0.717) is 0 Å². The van der Waals surface area contributed by atoms with Crippen molar-refractivity contribution < 1.29 is 4.92 Å². The molecule has 0 spiro atoms. The molecule has 0 aromatic rings. The third-order valence-corrected chi connectivity index (χ3v) is 0. The van der Waals surface area contributed by atoms with Gasteiger partial charge in [0.15, 0.2) is 7.05 Å². The molecule has 0 fully saturated rings. The SMILES string of the molecule is C[N+](=O)[O-].N#N. The number of hydrogen-bond donors (Lipinski definition) is 0. The van der Waals surface area contributed by atoms with Crippen molar-refractivity contribution in [3.63, 3.8) is 0 Å². The van der Waals surface area contributed by atoms with Crippen LogP contribution in [-0.4, -0.2) is 12.0 Å². The van der Waals surface area contributed by atoms with Crippen LogP contribution in [0.5, 0.6) is 0 Å². The van der Waals surface area contributed by atoms with Crippen molar-refractivity contribution in [1.29, 1.82) is 10.8 Å². The van der Waals surface area contributed by atoms with Gasteiger partial charge in [0, 0.05) is 15.7 Å². The Morgan fingerprint density at radius 1 is 1.67 bits per heavy atom. The molecule has 0 aromatic heterocycles. The third kappa shape index (κ3) is 6.71. The number of rotatable bonds is 0. The van der Waals surface area contributed by atoms with Crippen molar-refractivity contribution in [2.45, 2.75) is 0 Å². The second-order valence-electron chi connectivity index (χ2n) is 0.440. The van der Waals surface area contributed by atoms with Crippen molar-refractivity contribution in [2.75, 3.05) is 7.05 Å². The summed E-state index contributed by atoms with van der Waals surface area (Å²) in [7, 11) is 0.889. The molecule has 0 aliphatic rings. The summed E-state index contributed by atoms with van der Waals surface area (Å²) in [6, 6.07) is 0. The molecule has 0 heterocycles. The van der Waals surface area contributed by atoms with Crippen LogP contribution >= 0.6 is 0 Å². The van der Waals surface area contributed by atoms with E-state index in [0.717, 1.165) is 7.05 Å². The quantitative estimate of drug-likeness (QED) is 0.236. The highest BCUT2D eigenvalue weighted by Crippen LogP contribution is 1.39. The zero-order valence-electron chi connectivity index (χ0n) is 3.16. The lowest BCUT2D eigenvalue weighted by atomic mass is 11.5. The number of nitrogens with zero attached hydrogens (tertiary/aromatic N) is 3. The van der Waals surface area contributed by atoms with Crippen molar-refractivity contribution >= 4 is 0 Å². The lowest BCUT2D eigenvalue weighted by molar-refractivity contribution is -0.445. The first-order valence-corrected chi connectivity index (χ1v) is 1.01. The first-order chi connectivity index (χ1) is 2.73. The maximum Gasteiger partial charge on any atom is 0.194 e. The van der Waals surface area contributed by atoms with E-state index in [1.165, 1.54) is 0 Å². The van der Waals surface area contributed by atoms with E-state index in [-0.39, 0.29) is 0 Å². The van der Waals surface area contributed by atoms with Crippen LogP contribution < -0.4 is 0 Å². The molecule has 0 radical (unpaired) electrons. The highest BCUT2D eigenvalue weighted by molar-refractivity contribution is 3.91. The largest absolute Gasteiger partial charge is 0.265 e. The van der Waals surface area contributed by atoms with Crippen LogP contribution in [0, 0.1) is 20.9 Å². The minimum absolute atomic E-state index is 0.500. The Labute approximate surface area is 34.1 Å². The summed E-state index contributed by atoms with van der Waals surface area (Å²) >= 11 is 0. The summed E-state index contributed by atoms with van der Waals surface area (Å²) < 4.78 is 0. The van der Waals surface area contributed by atoms with Gasteiger partial charge >= 0.3 is 0 Å². The highest BCUT2D eigenvalue weighted by atomic mass is 16.6. The maximum absolute atomic E-state index is 8.81. The molecule has 0 aromatic carbocycles. The molecule has 0 aliphatic heterocycles. The first kappa shape index (κ1) is 8.84. The van der Waals surface area contributed by atoms with Crippen LogP contribution in [0.15, 0.2) is 0 Å². The predicted molar refractivity (Wildman–Crippen MR) is 16.4 cm³/mol. The van der Waals surface area contributed by atoms with Crippen LogP contribution in [-0.2, 0) is 0 Å². The molecule has 0 atom stereocenters. The van der Waals surface area contributed by atoms with E-state index >= 15 is 0 Å². The number of nitro groups is 1. The van der Waals surface area contributed by atoms with Crippen LogP contribution in [0.25, 0.3) is 0 Å². The van der Waals surface area contributed by atoms with Gasteiger partial charge in [-0.1, -0.05) is 0 Å².